The summed E-state index contributed by atoms with van der Waals surface area (Å²) in [5, 5.41) is 4.13. The molecule has 0 radical (unpaired) electrons. The van der Waals surface area contributed by atoms with Crippen molar-refractivity contribution in [1.29, 1.82) is 0 Å². The molecular formula is C35H39N5O4. The summed E-state index contributed by atoms with van der Waals surface area (Å²) in [6.45, 7) is 7.02. The van der Waals surface area contributed by atoms with E-state index in [0.717, 1.165) is 52.9 Å². The van der Waals surface area contributed by atoms with Crippen molar-refractivity contribution in [2.45, 2.75) is 70.7 Å². The van der Waals surface area contributed by atoms with Crippen LogP contribution in [0.3, 0.4) is 0 Å². The molecule has 2 aliphatic carbocycles. The second-order valence-electron chi connectivity index (χ2n) is 13.5. The van der Waals surface area contributed by atoms with Crippen LogP contribution in [0.1, 0.15) is 62.4 Å². The maximum absolute atomic E-state index is 14.0. The van der Waals surface area contributed by atoms with E-state index in [1.807, 2.05) is 61.6 Å². The minimum absolute atomic E-state index is 0.0792. The molecule has 1 saturated heterocycles. The summed E-state index contributed by atoms with van der Waals surface area (Å²) >= 11 is 0. The van der Waals surface area contributed by atoms with Gasteiger partial charge in [0.05, 0.1) is 35.9 Å². The maximum atomic E-state index is 14.0. The zero-order valence-electron chi connectivity index (χ0n) is 26.0. The molecule has 4 aromatic rings. The zero-order chi connectivity index (χ0) is 30.9. The summed E-state index contributed by atoms with van der Waals surface area (Å²) in [6, 6.07) is 11.7. The molecule has 3 aliphatic rings. The van der Waals surface area contributed by atoms with Gasteiger partial charge in [0, 0.05) is 36.7 Å². The molecule has 3 atom stereocenters. The predicted molar refractivity (Wildman–Crippen MR) is 170 cm³/mol. The highest BCUT2D eigenvalue weighted by Gasteiger charge is 2.50. The lowest BCUT2D eigenvalue weighted by atomic mass is 10.1. The van der Waals surface area contributed by atoms with Gasteiger partial charge < -0.3 is 28.8 Å². The fourth-order valence-corrected chi connectivity index (χ4v) is 7.25. The van der Waals surface area contributed by atoms with Gasteiger partial charge in [-0.3, -0.25) is 4.79 Å². The Morgan fingerprint density at radius 2 is 1.91 bits per heavy atom. The molecule has 2 saturated carbocycles. The van der Waals surface area contributed by atoms with Gasteiger partial charge in [-0.2, -0.15) is 0 Å². The number of para-hydroxylation sites is 1. The number of imidazole rings is 1. The van der Waals surface area contributed by atoms with Crippen LogP contribution < -0.4 is 10.1 Å². The highest BCUT2D eigenvalue weighted by molar-refractivity contribution is 6.01. The van der Waals surface area contributed by atoms with Gasteiger partial charge in [0.25, 0.3) is 5.91 Å². The Morgan fingerprint density at radius 3 is 2.61 bits per heavy atom. The van der Waals surface area contributed by atoms with E-state index in [-0.39, 0.29) is 23.9 Å². The number of rotatable bonds is 6. The second-order valence-corrected chi connectivity index (χ2v) is 13.5. The first-order valence-corrected chi connectivity index (χ1v) is 15.5. The fraction of sp³-hybridized carbons (Fsp3) is 0.457. The van der Waals surface area contributed by atoms with Crippen LogP contribution in [0.4, 0.5) is 4.79 Å². The van der Waals surface area contributed by atoms with Crippen molar-refractivity contribution in [2.75, 3.05) is 13.7 Å². The third-order valence-corrected chi connectivity index (χ3v) is 9.38. The summed E-state index contributed by atoms with van der Waals surface area (Å²) in [5.41, 5.74) is 4.39. The largest absolute Gasteiger partial charge is 0.494 e. The van der Waals surface area contributed by atoms with E-state index >= 15 is 0 Å². The molecule has 2 amide bonds. The number of likely N-dealkylation sites (tertiary alicyclic amines) is 1. The van der Waals surface area contributed by atoms with Crippen LogP contribution in [0.25, 0.3) is 33.5 Å². The van der Waals surface area contributed by atoms with Crippen LogP contribution in [0.5, 0.6) is 5.75 Å². The van der Waals surface area contributed by atoms with Crippen molar-refractivity contribution < 1.29 is 19.1 Å². The minimum atomic E-state index is -0.583. The lowest BCUT2D eigenvalue weighted by Gasteiger charge is -2.28. The quantitative estimate of drug-likeness (QED) is 0.289. The van der Waals surface area contributed by atoms with Crippen molar-refractivity contribution in [2.24, 2.45) is 18.9 Å². The molecule has 7 rings (SSSR count). The van der Waals surface area contributed by atoms with Gasteiger partial charge in [-0.1, -0.05) is 18.1 Å². The van der Waals surface area contributed by atoms with Gasteiger partial charge in [0.15, 0.2) is 5.82 Å². The summed E-state index contributed by atoms with van der Waals surface area (Å²) in [5.74, 6) is 5.01. The number of alkyl carbamates (subject to hydrolysis) is 1. The van der Waals surface area contributed by atoms with E-state index in [0.29, 0.717) is 29.3 Å². The molecular weight excluding hydrogens is 554 g/mol. The minimum Gasteiger partial charge on any atom is -0.494 e. The Morgan fingerprint density at radius 1 is 1.11 bits per heavy atom. The number of hydrogen-bond donors (Lipinski definition) is 1. The van der Waals surface area contributed by atoms with Gasteiger partial charge in [-0.05, 0) is 82.6 Å². The Labute approximate surface area is 257 Å². The van der Waals surface area contributed by atoms with Crippen LogP contribution in [-0.2, 0) is 18.3 Å². The first kappa shape index (κ1) is 28.3. The van der Waals surface area contributed by atoms with Crippen LogP contribution in [0.15, 0.2) is 36.4 Å². The lowest BCUT2D eigenvalue weighted by Crippen LogP contribution is -2.46. The molecule has 9 nitrogen and oxygen atoms in total. The Balaban J connectivity index is 1.24. The number of fused-ring (bicyclic) bond motifs is 4. The molecule has 1 aliphatic heterocycles. The third-order valence-electron chi connectivity index (χ3n) is 9.38. The van der Waals surface area contributed by atoms with Crippen LogP contribution in [-0.4, -0.2) is 62.4 Å². The first-order chi connectivity index (χ1) is 21.1. The Kier molecular flexibility index (Phi) is 6.65. The third kappa shape index (κ3) is 4.77. The number of methoxy groups -OCH3 is 1. The number of aryl methyl sites for hydroxylation is 1. The van der Waals surface area contributed by atoms with Gasteiger partial charge in [-0.15, -0.1) is 6.42 Å². The molecule has 3 heterocycles. The molecule has 2 bridgehead atoms. The zero-order valence-corrected chi connectivity index (χ0v) is 26.0. The summed E-state index contributed by atoms with van der Waals surface area (Å²) in [7, 11) is 3.61. The van der Waals surface area contributed by atoms with E-state index in [4.69, 9.17) is 20.9 Å². The van der Waals surface area contributed by atoms with E-state index in [1.54, 1.807) is 7.11 Å². The number of amides is 2. The summed E-state index contributed by atoms with van der Waals surface area (Å²) < 4.78 is 15.7. The van der Waals surface area contributed by atoms with Crippen molar-refractivity contribution in [3.05, 3.63) is 47.5 Å². The Hall–Kier alpha value is -4.45. The standard InChI is InChI=1S/C35H39N5O4/c1-7-21-9-8-10-22-16-27(39(30(21)22)18-20-11-12-20)32-36-25-15-24(17-28(43-6)31(25)38(32)5)33(41)40-19-23-13-14-26(40)29(23)37-34(42)44-35(2,3)4/h1,8-10,15-17,20,23,26,29H,11-14,18-19H2,2-6H3,(H,37,42). The summed E-state index contributed by atoms with van der Waals surface area (Å²) in [4.78, 5) is 33.6. The number of nitrogens with one attached hydrogen (secondary N) is 1. The molecule has 3 fully saturated rings. The average Bonchev–Trinajstić information content (AvgIpc) is 3.32. The average molecular weight is 594 g/mol. The van der Waals surface area contributed by atoms with Crippen LogP contribution >= 0.6 is 0 Å². The van der Waals surface area contributed by atoms with E-state index in [9.17, 15) is 9.59 Å². The number of benzene rings is 2. The normalized spacial score (nSPS) is 21.2. The van der Waals surface area contributed by atoms with E-state index in [1.165, 1.54) is 12.8 Å². The van der Waals surface area contributed by atoms with Crippen LogP contribution in [0.2, 0.25) is 0 Å². The number of terminal acetylenes is 1. The molecule has 9 heteroatoms. The monoisotopic (exact) mass is 593 g/mol. The van der Waals surface area contributed by atoms with Gasteiger partial charge >= 0.3 is 6.09 Å². The highest BCUT2D eigenvalue weighted by atomic mass is 16.6. The number of hydrogen-bond acceptors (Lipinski definition) is 5. The van der Waals surface area contributed by atoms with Crippen molar-refractivity contribution >= 4 is 33.9 Å². The topological polar surface area (TPSA) is 90.6 Å². The molecule has 1 N–H and O–H groups in total. The summed E-state index contributed by atoms with van der Waals surface area (Å²) in [6.07, 6.45) is 9.72. The molecule has 2 aromatic heterocycles. The van der Waals surface area contributed by atoms with Crippen molar-refractivity contribution in [1.82, 2.24) is 24.3 Å². The molecule has 2 aromatic carbocycles. The highest BCUT2D eigenvalue weighted by Crippen LogP contribution is 2.41. The lowest BCUT2D eigenvalue weighted by molar-refractivity contribution is 0.0485. The molecule has 228 valence electrons. The molecule has 0 spiro atoms. The molecule has 44 heavy (non-hydrogen) atoms. The van der Waals surface area contributed by atoms with Crippen molar-refractivity contribution in [3.8, 4) is 29.6 Å². The van der Waals surface area contributed by atoms with Gasteiger partial charge in [0.1, 0.15) is 16.9 Å². The fourth-order valence-electron chi connectivity index (χ4n) is 7.25. The number of aromatic nitrogens is 3. The van der Waals surface area contributed by atoms with E-state index < -0.39 is 11.7 Å². The molecule has 3 unspecified atom stereocenters. The number of carbonyl (C=O) groups excluding carboxylic acids is 2. The second kappa shape index (κ2) is 10.3. The first-order valence-electron chi connectivity index (χ1n) is 15.5. The van der Waals surface area contributed by atoms with Crippen LogP contribution in [0, 0.1) is 24.2 Å². The van der Waals surface area contributed by atoms with E-state index in [2.05, 4.69) is 27.9 Å². The van der Waals surface area contributed by atoms with Crippen molar-refractivity contribution in [3.63, 3.8) is 0 Å². The predicted octanol–water partition coefficient (Wildman–Crippen LogP) is 5.72. The van der Waals surface area contributed by atoms with Gasteiger partial charge in [-0.25, -0.2) is 9.78 Å². The number of piperidine rings is 1. The Bertz CT molecular complexity index is 1850. The van der Waals surface area contributed by atoms with Gasteiger partial charge in [0.2, 0.25) is 0 Å². The number of carbonyl (C=O) groups is 2. The number of nitrogens with zero attached hydrogens (tertiary/aromatic N) is 4. The maximum Gasteiger partial charge on any atom is 0.407 e. The number of ether oxygens (including phenoxy) is 2. The SMILES string of the molecule is C#Cc1cccc2cc(-c3nc4cc(C(=O)N5CC6CCC5C6NC(=O)OC(C)(C)C)cc(OC)c4n3C)n(CC3CC3)c12. The smallest absolute Gasteiger partial charge is 0.407 e.